The molecule has 0 aromatic heterocycles. The first-order chi connectivity index (χ1) is 8.65. The number of urea groups is 1. The van der Waals surface area contributed by atoms with Gasteiger partial charge in [-0.3, -0.25) is 0 Å². The van der Waals surface area contributed by atoms with E-state index in [4.69, 9.17) is 5.11 Å². The largest absolute Gasteiger partial charge is 0.396 e. The second kappa shape index (κ2) is 7.71. The van der Waals surface area contributed by atoms with Crippen LogP contribution in [0.3, 0.4) is 0 Å². The molecule has 18 heavy (non-hydrogen) atoms. The molecule has 1 rings (SSSR count). The number of aliphatic hydroxyl groups is 1. The standard InChI is InChI=1S/C14H22N2O2/c1-3-12-5-4-6-13(9-12)16-14(18)15-10-11(2)7-8-17/h4-6,9,11,17H,3,7-8,10H2,1-2H3,(H2,15,16,18). The van der Waals surface area contributed by atoms with E-state index < -0.39 is 0 Å². The molecule has 0 fully saturated rings. The minimum atomic E-state index is -0.201. The lowest BCUT2D eigenvalue weighted by atomic mass is 10.1. The Labute approximate surface area is 108 Å². The SMILES string of the molecule is CCc1cccc(NC(=O)NCC(C)CCO)c1. The van der Waals surface area contributed by atoms with Gasteiger partial charge in [0.25, 0.3) is 0 Å². The number of carbonyl (C=O) groups is 1. The highest BCUT2D eigenvalue weighted by Crippen LogP contribution is 2.10. The zero-order valence-corrected chi connectivity index (χ0v) is 11.1. The normalized spacial score (nSPS) is 11.9. The van der Waals surface area contributed by atoms with E-state index in [0.29, 0.717) is 13.0 Å². The molecular formula is C14H22N2O2. The summed E-state index contributed by atoms with van der Waals surface area (Å²) in [5.41, 5.74) is 2.00. The average molecular weight is 250 g/mol. The first-order valence-electron chi connectivity index (χ1n) is 6.40. The third kappa shape index (κ3) is 5.19. The van der Waals surface area contributed by atoms with E-state index in [2.05, 4.69) is 17.6 Å². The summed E-state index contributed by atoms with van der Waals surface area (Å²) in [6, 6.07) is 7.61. The second-order valence-electron chi connectivity index (χ2n) is 4.51. The van der Waals surface area contributed by atoms with Crippen molar-refractivity contribution in [3.63, 3.8) is 0 Å². The maximum Gasteiger partial charge on any atom is 0.319 e. The van der Waals surface area contributed by atoms with Gasteiger partial charge in [-0.05, 0) is 36.5 Å². The number of hydrogen-bond donors (Lipinski definition) is 3. The number of nitrogens with one attached hydrogen (secondary N) is 2. The predicted molar refractivity (Wildman–Crippen MR) is 73.7 cm³/mol. The van der Waals surface area contributed by atoms with Crippen LogP contribution in [0.1, 0.15) is 25.8 Å². The first kappa shape index (κ1) is 14.5. The van der Waals surface area contributed by atoms with Crippen molar-refractivity contribution in [3.05, 3.63) is 29.8 Å². The summed E-state index contributed by atoms with van der Waals surface area (Å²) in [5, 5.41) is 14.4. The summed E-state index contributed by atoms with van der Waals surface area (Å²) in [6.07, 6.45) is 1.65. The third-order valence-corrected chi connectivity index (χ3v) is 2.83. The second-order valence-corrected chi connectivity index (χ2v) is 4.51. The average Bonchev–Trinajstić information content (AvgIpc) is 2.37. The van der Waals surface area contributed by atoms with Gasteiger partial charge >= 0.3 is 6.03 Å². The fraction of sp³-hybridized carbons (Fsp3) is 0.500. The minimum absolute atomic E-state index is 0.156. The molecule has 1 aromatic rings. The van der Waals surface area contributed by atoms with E-state index in [9.17, 15) is 4.79 Å². The number of benzene rings is 1. The van der Waals surface area contributed by atoms with Crippen LogP contribution < -0.4 is 10.6 Å². The molecule has 0 bridgehead atoms. The number of rotatable bonds is 6. The highest BCUT2D eigenvalue weighted by Gasteiger charge is 2.05. The number of hydrogen-bond acceptors (Lipinski definition) is 2. The molecule has 0 saturated heterocycles. The Morgan fingerprint density at radius 3 is 2.89 bits per heavy atom. The molecule has 0 heterocycles. The molecule has 4 heteroatoms. The van der Waals surface area contributed by atoms with Crippen LogP contribution in [0.4, 0.5) is 10.5 Å². The maximum absolute atomic E-state index is 11.6. The van der Waals surface area contributed by atoms with Gasteiger partial charge in [-0.1, -0.05) is 26.0 Å². The molecule has 2 amide bonds. The van der Waals surface area contributed by atoms with Crippen molar-refractivity contribution < 1.29 is 9.90 Å². The quantitative estimate of drug-likeness (QED) is 0.726. The molecule has 0 radical (unpaired) electrons. The molecule has 4 nitrogen and oxygen atoms in total. The lowest BCUT2D eigenvalue weighted by Crippen LogP contribution is -2.32. The summed E-state index contributed by atoms with van der Waals surface area (Å²) in [5.74, 6) is 0.280. The van der Waals surface area contributed by atoms with Crippen LogP contribution in [0.2, 0.25) is 0 Å². The van der Waals surface area contributed by atoms with Crippen LogP contribution in [-0.2, 0) is 6.42 Å². The van der Waals surface area contributed by atoms with E-state index in [1.165, 1.54) is 5.56 Å². The molecule has 0 aliphatic carbocycles. The fourth-order valence-corrected chi connectivity index (χ4v) is 1.63. The molecule has 0 aliphatic rings. The van der Waals surface area contributed by atoms with Crippen molar-refractivity contribution in [2.75, 3.05) is 18.5 Å². The van der Waals surface area contributed by atoms with Crippen LogP contribution in [0.15, 0.2) is 24.3 Å². The lowest BCUT2D eigenvalue weighted by Gasteiger charge is -2.12. The molecule has 0 aliphatic heterocycles. The van der Waals surface area contributed by atoms with Crippen molar-refractivity contribution in [3.8, 4) is 0 Å². The van der Waals surface area contributed by atoms with Crippen molar-refractivity contribution in [2.45, 2.75) is 26.7 Å². The summed E-state index contributed by atoms with van der Waals surface area (Å²) in [7, 11) is 0. The van der Waals surface area contributed by atoms with E-state index in [1.807, 2.05) is 31.2 Å². The van der Waals surface area contributed by atoms with Gasteiger partial charge in [-0.15, -0.1) is 0 Å². The van der Waals surface area contributed by atoms with Gasteiger partial charge in [0.2, 0.25) is 0 Å². The number of amides is 2. The number of aryl methyl sites for hydroxylation is 1. The van der Waals surface area contributed by atoms with Gasteiger partial charge in [0, 0.05) is 18.8 Å². The van der Waals surface area contributed by atoms with E-state index in [-0.39, 0.29) is 18.6 Å². The van der Waals surface area contributed by atoms with Gasteiger partial charge in [0.05, 0.1) is 0 Å². The smallest absolute Gasteiger partial charge is 0.319 e. The maximum atomic E-state index is 11.6. The van der Waals surface area contributed by atoms with Crippen molar-refractivity contribution in [1.29, 1.82) is 0 Å². The Bertz CT molecular complexity index is 380. The van der Waals surface area contributed by atoms with Gasteiger partial charge in [0.1, 0.15) is 0 Å². The zero-order valence-electron chi connectivity index (χ0n) is 11.1. The fourth-order valence-electron chi connectivity index (χ4n) is 1.63. The van der Waals surface area contributed by atoms with E-state index in [0.717, 1.165) is 12.1 Å². The zero-order chi connectivity index (χ0) is 13.4. The molecule has 1 unspecified atom stereocenters. The Kier molecular flexibility index (Phi) is 6.22. The van der Waals surface area contributed by atoms with Crippen molar-refractivity contribution in [1.82, 2.24) is 5.32 Å². The van der Waals surface area contributed by atoms with E-state index >= 15 is 0 Å². The van der Waals surface area contributed by atoms with Crippen molar-refractivity contribution >= 4 is 11.7 Å². The predicted octanol–water partition coefficient (Wildman–Crippen LogP) is 2.39. The minimum Gasteiger partial charge on any atom is -0.396 e. The van der Waals surface area contributed by atoms with E-state index in [1.54, 1.807) is 0 Å². The Morgan fingerprint density at radius 1 is 1.44 bits per heavy atom. The van der Waals surface area contributed by atoms with Gasteiger partial charge in [-0.25, -0.2) is 4.79 Å². The topological polar surface area (TPSA) is 61.4 Å². The van der Waals surface area contributed by atoms with Crippen LogP contribution in [0, 0.1) is 5.92 Å². The summed E-state index contributed by atoms with van der Waals surface area (Å²) in [6.45, 7) is 4.80. The molecule has 1 aromatic carbocycles. The van der Waals surface area contributed by atoms with Crippen LogP contribution in [-0.4, -0.2) is 24.3 Å². The molecular weight excluding hydrogens is 228 g/mol. The first-order valence-corrected chi connectivity index (χ1v) is 6.40. The Morgan fingerprint density at radius 2 is 2.22 bits per heavy atom. The Hall–Kier alpha value is -1.55. The molecule has 0 saturated carbocycles. The van der Waals surface area contributed by atoms with Crippen LogP contribution in [0.25, 0.3) is 0 Å². The summed E-state index contributed by atoms with van der Waals surface area (Å²) >= 11 is 0. The molecule has 0 spiro atoms. The highest BCUT2D eigenvalue weighted by molar-refractivity contribution is 5.89. The van der Waals surface area contributed by atoms with Crippen LogP contribution >= 0.6 is 0 Å². The summed E-state index contributed by atoms with van der Waals surface area (Å²) < 4.78 is 0. The lowest BCUT2D eigenvalue weighted by molar-refractivity contribution is 0.243. The molecule has 100 valence electrons. The van der Waals surface area contributed by atoms with Gasteiger partial charge in [0.15, 0.2) is 0 Å². The van der Waals surface area contributed by atoms with Gasteiger partial charge in [-0.2, -0.15) is 0 Å². The number of anilines is 1. The third-order valence-electron chi connectivity index (χ3n) is 2.83. The molecule has 1 atom stereocenters. The highest BCUT2D eigenvalue weighted by atomic mass is 16.3. The number of aliphatic hydroxyl groups excluding tert-OH is 1. The summed E-state index contributed by atoms with van der Waals surface area (Å²) in [4.78, 5) is 11.6. The van der Waals surface area contributed by atoms with Crippen molar-refractivity contribution in [2.24, 2.45) is 5.92 Å². The Balaban J connectivity index is 2.39. The monoisotopic (exact) mass is 250 g/mol. The molecule has 3 N–H and O–H groups in total. The number of carbonyl (C=O) groups excluding carboxylic acids is 1. The van der Waals surface area contributed by atoms with Gasteiger partial charge < -0.3 is 15.7 Å². The van der Waals surface area contributed by atoms with Crippen LogP contribution in [0.5, 0.6) is 0 Å².